The Hall–Kier alpha value is -2.04. The summed E-state index contributed by atoms with van der Waals surface area (Å²) in [5.41, 5.74) is 0.624. The fourth-order valence-corrected chi connectivity index (χ4v) is 3.39. The van der Waals surface area contributed by atoms with Crippen LogP contribution in [0.1, 0.15) is 49.4 Å². The van der Waals surface area contributed by atoms with E-state index in [4.69, 9.17) is 9.47 Å². The van der Waals surface area contributed by atoms with Crippen LogP contribution in [-0.4, -0.2) is 43.6 Å². The minimum absolute atomic E-state index is 0.0275. The van der Waals surface area contributed by atoms with E-state index < -0.39 is 0 Å². The van der Waals surface area contributed by atoms with E-state index in [0.29, 0.717) is 18.0 Å². The summed E-state index contributed by atoms with van der Waals surface area (Å²) in [7, 11) is 2.98. The lowest BCUT2D eigenvalue weighted by molar-refractivity contribution is -0.141. The molecule has 24 heavy (non-hydrogen) atoms. The van der Waals surface area contributed by atoms with E-state index in [-0.39, 0.29) is 24.3 Å². The molecule has 0 N–H and O–H groups in total. The van der Waals surface area contributed by atoms with Crippen molar-refractivity contribution in [3.8, 4) is 5.75 Å². The van der Waals surface area contributed by atoms with Gasteiger partial charge in [-0.05, 0) is 43.0 Å². The van der Waals surface area contributed by atoms with E-state index in [9.17, 15) is 9.59 Å². The maximum Gasteiger partial charge on any atom is 0.307 e. The number of ether oxygens (including phenoxy) is 2. The lowest BCUT2D eigenvalue weighted by Crippen LogP contribution is -2.46. The third-order valence-electron chi connectivity index (χ3n) is 4.85. The van der Waals surface area contributed by atoms with Gasteiger partial charge in [0, 0.05) is 18.2 Å². The number of amides is 1. The number of hydrogen-bond acceptors (Lipinski definition) is 4. The molecular formula is C19H27NO4. The molecule has 1 aliphatic rings. The largest absolute Gasteiger partial charge is 0.497 e. The van der Waals surface area contributed by atoms with Crippen molar-refractivity contribution in [3.63, 3.8) is 0 Å². The Morgan fingerprint density at radius 1 is 1.12 bits per heavy atom. The molecule has 0 saturated heterocycles. The number of carbonyl (C=O) groups excluding carboxylic acids is 2. The fourth-order valence-electron chi connectivity index (χ4n) is 3.39. The predicted molar refractivity (Wildman–Crippen MR) is 92.1 cm³/mol. The summed E-state index contributed by atoms with van der Waals surface area (Å²) in [4.78, 5) is 26.4. The molecule has 2 unspecified atom stereocenters. The molecule has 5 nitrogen and oxygen atoms in total. The molecule has 2 atom stereocenters. The van der Waals surface area contributed by atoms with E-state index in [1.165, 1.54) is 13.5 Å². The van der Waals surface area contributed by atoms with E-state index >= 15 is 0 Å². The lowest BCUT2D eigenvalue weighted by Gasteiger charge is -2.38. The highest BCUT2D eigenvalue weighted by Crippen LogP contribution is 2.29. The van der Waals surface area contributed by atoms with Crippen molar-refractivity contribution >= 4 is 11.9 Å². The summed E-state index contributed by atoms with van der Waals surface area (Å²) in [6.45, 7) is 2.59. The van der Waals surface area contributed by atoms with Gasteiger partial charge in [0.05, 0.1) is 20.6 Å². The number of esters is 1. The van der Waals surface area contributed by atoms with Crippen LogP contribution in [0.25, 0.3) is 0 Å². The van der Waals surface area contributed by atoms with Gasteiger partial charge < -0.3 is 14.4 Å². The van der Waals surface area contributed by atoms with Crippen molar-refractivity contribution in [2.24, 2.45) is 5.92 Å². The Bertz CT molecular complexity index is 555. The zero-order valence-electron chi connectivity index (χ0n) is 14.8. The molecule has 0 aliphatic heterocycles. The zero-order chi connectivity index (χ0) is 17.5. The summed E-state index contributed by atoms with van der Waals surface area (Å²) in [6.07, 6.45) is 4.67. The molecule has 0 radical (unpaired) electrons. The molecule has 1 amide bonds. The summed E-state index contributed by atoms with van der Waals surface area (Å²) in [6, 6.07) is 7.31. The Morgan fingerprint density at radius 3 is 2.38 bits per heavy atom. The van der Waals surface area contributed by atoms with Crippen molar-refractivity contribution in [1.82, 2.24) is 4.90 Å². The molecule has 0 aromatic heterocycles. The maximum atomic E-state index is 13.0. The van der Waals surface area contributed by atoms with Gasteiger partial charge in [0.15, 0.2) is 0 Å². The number of carbonyl (C=O) groups is 2. The second kappa shape index (κ2) is 8.71. The monoisotopic (exact) mass is 333 g/mol. The van der Waals surface area contributed by atoms with Crippen molar-refractivity contribution in [2.75, 3.05) is 20.8 Å². The van der Waals surface area contributed by atoms with Gasteiger partial charge in [0.25, 0.3) is 5.91 Å². The molecule has 132 valence electrons. The second-order valence-corrected chi connectivity index (χ2v) is 6.38. The van der Waals surface area contributed by atoms with Gasteiger partial charge in [-0.15, -0.1) is 0 Å². The van der Waals surface area contributed by atoms with Gasteiger partial charge in [0.2, 0.25) is 0 Å². The number of rotatable bonds is 6. The quantitative estimate of drug-likeness (QED) is 0.750. The first-order chi connectivity index (χ1) is 11.6. The SMILES string of the molecule is COC(=O)CCN(C(=O)c1ccc(OC)cc1)C1CCCCC1C. The highest BCUT2D eigenvalue weighted by atomic mass is 16.5. The first-order valence-electron chi connectivity index (χ1n) is 8.58. The van der Waals surface area contributed by atoms with Crippen molar-refractivity contribution < 1.29 is 19.1 Å². The van der Waals surface area contributed by atoms with Gasteiger partial charge in [-0.2, -0.15) is 0 Å². The summed E-state index contributed by atoms with van der Waals surface area (Å²) in [5.74, 6) is 0.851. The minimum Gasteiger partial charge on any atom is -0.497 e. The summed E-state index contributed by atoms with van der Waals surface area (Å²) < 4.78 is 9.89. The predicted octanol–water partition coefficient (Wildman–Crippen LogP) is 3.28. The van der Waals surface area contributed by atoms with Crippen LogP contribution in [0, 0.1) is 5.92 Å². The lowest BCUT2D eigenvalue weighted by atomic mass is 9.84. The average molecular weight is 333 g/mol. The van der Waals surface area contributed by atoms with Crippen molar-refractivity contribution in [1.29, 1.82) is 0 Å². The molecule has 1 aromatic rings. The van der Waals surface area contributed by atoms with Crippen LogP contribution in [0.15, 0.2) is 24.3 Å². The topological polar surface area (TPSA) is 55.8 Å². The van der Waals surface area contributed by atoms with Gasteiger partial charge in [-0.1, -0.05) is 19.8 Å². The van der Waals surface area contributed by atoms with Crippen LogP contribution in [-0.2, 0) is 9.53 Å². The standard InChI is InChI=1S/C19H27NO4/c1-14-6-4-5-7-17(14)20(13-12-18(21)24-3)19(22)15-8-10-16(23-2)11-9-15/h8-11,14,17H,4-7,12-13H2,1-3H3. The Morgan fingerprint density at radius 2 is 1.79 bits per heavy atom. The molecule has 0 spiro atoms. The number of benzene rings is 1. The van der Waals surface area contributed by atoms with E-state index in [0.717, 1.165) is 25.0 Å². The van der Waals surface area contributed by atoms with E-state index in [2.05, 4.69) is 6.92 Å². The molecule has 1 aromatic carbocycles. The first kappa shape index (κ1) is 18.3. The maximum absolute atomic E-state index is 13.0. The van der Waals surface area contributed by atoms with Gasteiger partial charge in [-0.25, -0.2) is 0 Å². The summed E-state index contributed by atoms with van der Waals surface area (Å²) >= 11 is 0. The van der Waals surface area contributed by atoms with Crippen LogP contribution in [0.3, 0.4) is 0 Å². The fraction of sp³-hybridized carbons (Fsp3) is 0.579. The van der Waals surface area contributed by atoms with Crippen LogP contribution in [0.5, 0.6) is 5.75 Å². The highest BCUT2D eigenvalue weighted by molar-refractivity contribution is 5.94. The van der Waals surface area contributed by atoms with Crippen LogP contribution < -0.4 is 4.74 Å². The Balaban J connectivity index is 2.18. The van der Waals surface area contributed by atoms with Crippen LogP contribution >= 0.6 is 0 Å². The Kier molecular flexibility index (Phi) is 6.64. The molecule has 5 heteroatoms. The van der Waals surface area contributed by atoms with E-state index in [1.807, 2.05) is 4.90 Å². The average Bonchev–Trinajstić information content (AvgIpc) is 2.62. The van der Waals surface area contributed by atoms with Crippen molar-refractivity contribution in [2.45, 2.75) is 45.1 Å². The third-order valence-corrected chi connectivity index (χ3v) is 4.85. The molecule has 0 heterocycles. The highest BCUT2D eigenvalue weighted by Gasteiger charge is 2.31. The van der Waals surface area contributed by atoms with Crippen molar-refractivity contribution in [3.05, 3.63) is 29.8 Å². The van der Waals surface area contributed by atoms with Gasteiger partial charge in [-0.3, -0.25) is 9.59 Å². The van der Waals surface area contributed by atoms with Crippen LogP contribution in [0.4, 0.5) is 0 Å². The van der Waals surface area contributed by atoms with Gasteiger partial charge in [0.1, 0.15) is 5.75 Å². The molecule has 2 rings (SSSR count). The minimum atomic E-state index is -0.286. The van der Waals surface area contributed by atoms with Gasteiger partial charge >= 0.3 is 5.97 Å². The normalized spacial score (nSPS) is 20.3. The number of hydrogen-bond donors (Lipinski definition) is 0. The molecule has 1 fully saturated rings. The number of methoxy groups -OCH3 is 2. The third kappa shape index (κ3) is 4.49. The molecule has 1 aliphatic carbocycles. The first-order valence-corrected chi connectivity index (χ1v) is 8.58. The molecule has 1 saturated carbocycles. The smallest absolute Gasteiger partial charge is 0.307 e. The van der Waals surface area contributed by atoms with E-state index in [1.54, 1.807) is 31.4 Å². The summed E-state index contributed by atoms with van der Waals surface area (Å²) in [5, 5.41) is 0. The van der Waals surface area contributed by atoms with Crippen LogP contribution in [0.2, 0.25) is 0 Å². The Labute approximate surface area is 143 Å². The molecular weight excluding hydrogens is 306 g/mol. The molecule has 0 bridgehead atoms. The number of nitrogens with zero attached hydrogens (tertiary/aromatic N) is 1. The second-order valence-electron chi connectivity index (χ2n) is 6.38. The zero-order valence-corrected chi connectivity index (χ0v) is 14.8.